The van der Waals surface area contributed by atoms with E-state index >= 15 is 0 Å². The van der Waals surface area contributed by atoms with E-state index in [0.29, 0.717) is 5.82 Å². The Bertz CT molecular complexity index is 618. The Labute approximate surface area is 98.8 Å². The maximum absolute atomic E-state index is 11.8. The van der Waals surface area contributed by atoms with Crippen LogP contribution in [0.4, 0.5) is 5.95 Å². The van der Waals surface area contributed by atoms with E-state index in [1.54, 1.807) is 6.92 Å². The van der Waals surface area contributed by atoms with Gasteiger partial charge in [-0.1, -0.05) is 0 Å². The summed E-state index contributed by atoms with van der Waals surface area (Å²) < 4.78 is 48.3. The quantitative estimate of drug-likeness (QED) is 0.735. The van der Waals surface area contributed by atoms with E-state index in [-0.39, 0.29) is 23.9 Å². The second kappa shape index (κ2) is 3.95. The Hall–Kier alpha value is -1.16. The number of nitrogens with zero attached hydrogens (tertiary/aromatic N) is 2. The fraction of sp³-hybridized carbons (Fsp3) is 0.714. The van der Waals surface area contributed by atoms with Crippen LogP contribution >= 0.6 is 0 Å². The van der Waals surface area contributed by atoms with Crippen molar-refractivity contribution in [3.8, 4) is 0 Å². The van der Waals surface area contributed by atoms with Gasteiger partial charge in [0.05, 0.1) is 16.8 Å². The standard InChI is InChI=1S/C7H12N4O4S2/c1-5-8-7(10-9-5)11-17(14,15)6-2-3-16(12,13)4-6/h6H,2-4H2,1H3,(H2,8,9,10,11). The van der Waals surface area contributed by atoms with Crippen LogP contribution in [0, 0.1) is 6.92 Å². The Morgan fingerprint density at radius 1 is 1.47 bits per heavy atom. The van der Waals surface area contributed by atoms with Crippen LogP contribution in [0.3, 0.4) is 0 Å². The smallest absolute Gasteiger partial charge is 0.255 e. The van der Waals surface area contributed by atoms with Crippen molar-refractivity contribution >= 4 is 25.8 Å². The van der Waals surface area contributed by atoms with Crippen LogP contribution in [0.2, 0.25) is 0 Å². The van der Waals surface area contributed by atoms with E-state index in [0.717, 1.165) is 0 Å². The molecule has 0 amide bonds. The van der Waals surface area contributed by atoms with Gasteiger partial charge in [-0.2, -0.15) is 4.98 Å². The van der Waals surface area contributed by atoms with E-state index in [1.807, 2.05) is 0 Å². The van der Waals surface area contributed by atoms with Crippen LogP contribution in [0.5, 0.6) is 0 Å². The Kier molecular flexibility index (Phi) is 2.86. The van der Waals surface area contributed by atoms with Gasteiger partial charge in [0.15, 0.2) is 9.84 Å². The van der Waals surface area contributed by atoms with Gasteiger partial charge in [0.2, 0.25) is 10.0 Å². The third-order valence-electron chi connectivity index (χ3n) is 2.46. The second-order valence-corrected chi connectivity index (χ2v) is 8.11. The summed E-state index contributed by atoms with van der Waals surface area (Å²) in [7, 11) is -6.98. The predicted molar refractivity (Wildman–Crippen MR) is 60.7 cm³/mol. The number of nitrogens with one attached hydrogen (secondary N) is 2. The zero-order valence-electron chi connectivity index (χ0n) is 9.04. The van der Waals surface area contributed by atoms with Gasteiger partial charge < -0.3 is 0 Å². The highest BCUT2D eigenvalue weighted by Gasteiger charge is 2.37. The molecule has 0 spiro atoms. The fourth-order valence-corrected chi connectivity index (χ4v) is 5.58. The van der Waals surface area contributed by atoms with E-state index in [2.05, 4.69) is 19.9 Å². The lowest BCUT2D eigenvalue weighted by molar-refractivity contribution is 0.587. The molecule has 1 unspecified atom stereocenters. The van der Waals surface area contributed by atoms with Gasteiger partial charge in [0.25, 0.3) is 5.95 Å². The molecular formula is C7H12N4O4S2. The van der Waals surface area contributed by atoms with Crippen molar-refractivity contribution < 1.29 is 16.8 Å². The average molecular weight is 280 g/mol. The number of anilines is 1. The lowest BCUT2D eigenvalue weighted by atomic mass is 10.4. The summed E-state index contributed by atoms with van der Waals surface area (Å²) in [5.74, 6) is -0.0225. The molecule has 1 aliphatic rings. The topological polar surface area (TPSA) is 122 Å². The summed E-state index contributed by atoms with van der Waals surface area (Å²) in [5, 5.41) is 5.20. The summed E-state index contributed by atoms with van der Waals surface area (Å²) in [5.41, 5.74) is 0. The zero-order chi connectivity index (χ0) is 12.7. The molecule has 0 bridgehead atoms. The summed E-state index contributed by atoms with van der Waals surface area (Å²) in [6.45, 7) is 1.63. The van der Waals surface area contributed by atoms with Crippen LogP contribution in [0.15, 0.2) is 0 Å². The van der Waals surface area contributed by atoms with Crippen molar-refractivity contribution in [1.82, 2.24) is 15.2 Å². The van der Waals surface area contributed by atoms with Crippen molar-refractivity contribution in [3.05, 3.63) is 5.82 Å². The molecule has 0 radical (unpaired) electrons. The monoisotopic (exact) mass is 280 g/mol. The molecule has 2 heterocycles. The molecule has 0 aromatic carbocycles. The van der Waals surface area contributed by atoms with Crippen LogP contribution in [-0.2, 0) is 19.9 Å². The molecule has 2 rings (SSSR count). The zero-order valence-corrected chi connectivity index (χ0v) is 10.7. The number of rotatable bonds is 3. The summed E-state index contributed by atoms with van der Waals surface area (Å²) in [6, 6.07) is 0. The van der Waals surface area contributed by atoms with Gasteiger partial charge >= 0.3 is 0 Å². The number of aromatic nitrogens is 3. The maximum Gasteiger partial charge on any atom is 0.255 e. The molecule has 1 atom stereocenters. The highest BCUT2D eigenvalue weighted by molar-refractivity contribution is 7.97. The van der Waals surface area contributed by atoms with E-state index < -0.39 is 25.1 Å². The number of hydrogen-bond acceptors (Lipinski definition) is 6. The van der Waals surface area contributed by atoms with E-state index in [4.69, 9.17) is 0 Å². The van der Waals surface area contributed by atoms with Crippen molar-refractivity contribution in [2.45, 2.75) is 18.6 Å². The highest BCUT2D eigenvalue weighted by atomic mass is 32.2. The minimum absolute atomic E-state index is 0.0632. The van der Waals surface area contributed by atoms with Crippen LogP contribution in [0.1, 0.15) is 12.2 Å². The number of aromatic amines is 1. The summed E-state index contributed by atoms with van der Waals surface area (Å²) in [4.78, 5) is 3.80. The molecule has 8 nitrogen and oxygen atoms in total. The third kappa shape index (κ3) is 2.75. The Morgan fingerprint density at radius 3 is 2.65 bits per heavy atom. The Balaban J connectivity index is 2.15. The molecule has 96 valence electrons. The largest absolute Gasteiger partial charge is 0.261 e. The maximum atomic E-state index is 11.8. The molecule has 10 heteroatoms. The summed E-state index contributed by atoms with van der Waals surface area (Å²) >= 11 is 0. The molecule has 1 fully saturated rings. The van der Waals surface area contributed by atoms with Gasteiger partial charge in [0.1, 0.15) is 5.82 Å². The molecule has 0 aliphatic carbocycles. The SMILES string of the molecule is Cc1nc(NS(=O)(=O)C2CCS(=O)(=O)C2)n[nH]1. The van der Waals surface area contributed by atoms with Gasteiger partial charge in [0, 0.05) is 0 Å². The lowest BCUT2D eigenvalue weighted by Crippen LogP contribution is -2.29. The van der Waals surface area contributed by atoms with Gasteiger partial charge in [-0.3, -0.25) is 5.10 Å². The molecule has 0 saturated carbocycles. The van der Waals surface area contributed by atoms with Crippen LogP contribution < -0.4 is 4.72 Å². The molecular weight excluding hydrogens is 268 g/mol. The second-order valence-electron chi connectivity index (χ2n) is 3.92. The fourth-order valence-electron chi connectivity index (χ4n) is 1.60. The molecule has 1 aromatic rings. The predicted octanol–water partition coefficient (Wildman–Crippen LogP) is -0.958. The first kappa shape index (κ1) is 12.3. The molecule has 1 aromatic heterocycles. The number of sulfonamides is 1. The van der Waals surface area contributed by atoms with Gasteiger partial charge in [-0.25, -0.2) is 21.6 Å². The minimum atomic E-state index is -3.74. The minimum Gasteiger partial charge on any atom is -0.261 e. The van der Waals surface area contributed by atoms with Gasteiger partial charge in [-0.15, -0.1) is 5.10 Å². The third-order valence-corrected chi connectivity index (χ3v) is 6.19. The van der Waals surface area contributed by atoms with Crippen molar-refractivity contribution in [3.63, 3.8) is 0 Å². The van der Waals surface area contributed by atoms with Crippen molar-refractivity contribution in [2.75, 3.05) is 16.2 Å². The first-order valence-electron chi connectivity index (χ1n) is 4.89. The normalized spacial score (nSPS) is 23.7. The number of aryl methyl sites for hydroxylation is 1. The molecule has 17 heavy (non-hydrogen) atoms. The van der Waals surface area contributed by atoms with E-state index in [9.17, 15) is 16.8 Å². The van der Waals surface area contributed by atoms with Gasteiger partial charge in [-0.05, 0) is 13.3 Å². The lowest BCUT2D eigenvalue weighted by Gasteiger charge is -2.09. The van der Waals surface area contributed by atoms with Crippen LogP contribution in [0.25, 0.3) is 0 Å². The summed E-state index contributed by atoms with van der Waals surface area (Å²) in [6.07, 6.45) is 0.112. The Morgan fingerprint density at radius 2 is 2.18 bits per heavy atom. The molecule has 1 aliphatic heterocycles. The van der Waals surface area contributed by atoms with Crippen molar-refractivity contribution in [1.29, 1.82) is 0 Å². The number of H-pyrrole nitrogens is 1. The van der Waals surface area contributed by atoms with Crippen molar-refractivity contribution in [2.24, 2.45) is 0 Å². The number of hydrogen-bond donors (Lipinski definition) is 2. The van der Waals surface area contributed by atoms with E-state index in [1.165, 1.54) is 0 Å². The average Bonchev–Trinajstić information content (AvgIpc) is 2.72. The first-order chi connectivity index (χ1) is 7.78. The molecule has 2 N–H and O–H groups in total. The first-order valence-corrected chi connectivity index (χ1v) is 8.26. The van der Waals surface area contributed by atoms with Crippen LogP contribution in [-0.4, -0.2) is 48.8 Å². The number of sulfone groups is 1. The molecule has 1 saturated heterocycles. The highest BCUT2D eigenvalue weighted by Crippen LogP contribution is 2.20.